The molecule has 1 N–H and O–H groups in total. The number of amides is 2. The molecule has 0 aliphatic carbocycles. The van der Waals surface area contributed by atoms with Crippen LogP contribution in [0.1, 0.15) is 6.92 Å². The molecule has 7 nitrogen and oxygen atoms in total. The molecule has 0 saturated carbocycles. The number of imidazole rings is 1. The van der Waals surface area contributed by atoms with Crippen molar-refractivity contribution in [2.24, 2.45) is 0 Å². The maximum atomic E-state index is 12.5. The predicted octanol–water partition coefficient (Wildman–Crippen LogP) is 1.81. The lowest BCUT2D eigenvalue weighted by molar-refractivity contribution is 0.190. The van der Waals surface area contributed by atoms with Gasteiger partial charge in [0.15, 0.2) is 0 Å². The van der Waals surface area contributed by atoms with Crippen molar-refractivity contribution < 1.29 is 9.53 Å². The van der Waals surface area contributed by atoms with Crippen LogP contribution in [0.15, 0.2) is 43.0 Å². The van der Waals surface area contributed by atoms with Gasteiger partial charge < -0.3 is 24.4 Å². The Balaban J connectivity index is 1.50. The Kier molecular flexibility index (Phi) is 5.42. The number of carbonyl (C=O) groups is 1. The van der Waals surface area contributed by atoms with Gasteiger partial charge in [0.1, 0.15) is 5.75 Å². The minimum absolute atomic E-state index is 0.00714. The van der Waals surface area contributed by atoms with E-state index in [-0.39, 0.29) is 12.1 Å². The topological polar surface area (TPSA) is 62.6 Å². The van der Waals surface area contributed by atoms with E-state index < -0.39 is 0 Å². The van der Waals surface area contributed by atoms with Gasteiger partial charge in [-0.3, -0.25) is 0 Å². The number of piperazine rings is 1. The monoisotopic (exact) mass is 343 g/mol. The highest BCUT2D eigenvalue weighted by molar-refractivity contribution is 5.75. The van der Waals surface area contributed by atoms with Crippen LogP contribution < -0.4 is 15.0 Å². The van der Waals surface area contributed by atoms with E-state index in [0.29, 0.717) is 19.6 Å². The van der Waals surface area contributed by atoms with Gasteiger partial charge >= 0.3 is 6.03 Å². The second kappa shape index (κ2) is 7.92. The molecule has 2 amide bonds. The lowest BCUT2D eigenvalue weighted by Crippen LogP contribution is -2.53. The predicted molar refractivity (Wildman–Crippen MR) is 97.0 cm³/mol. The number of hydrogen-bond acceptors (Lipinski definition) is 4. The van der Waals surface area contributed by atoms with E-state index in [9.17, 15) is 4.79 Å². The fraction of sp³-hybridized carbons (Fsp3) is 0.444. The molecule has 1 fully saturated rings. The highest BCUT2D eigenvalue weighted by Gasteiger charge is 2.23. The summed E-state index contributed by atoms with van der Waals surface area (Å²) in [6.45, 7) is 5.70. The standard InChI is InChI=1S/C18H25N5O2/c1-15(13-21-8-7-19-14-21)20-18(24)23-11-9-22(10-12-23)16-5-3-4-6-17(16)25-2/h3-8,14-15H,9-13H2,1-2H3,(H,20,24). The van der Waals surface area contributed by atoms with E-state index in [1.165, 1.54) is 0 Å². The molecule has 2 aromatic rings. The number of anilines is 1. The van der Waals surface area contributed by atoms with Gasteiger partial charge in [0.05, 0.1) is 19.1 Å². The van der Waals surface area contributed by atoms with Gasteiger partial charge in [0.2, 0.25) is 0 Å². The van der Waals surface area contributed by atoms with Gasteiger partial charge in [0.25, 0.3) is 0 Å². The van der Waals surface area contributed by atoms with E-state index in [1.54, 1.807) is 19.6 Å². The van der Waals surface area contributed by atoms with E-state index >= 15 is 0 Å². The smallest absolute Gasteiger partial charge is 0.317 e. The van der Waals surface area contributed by atoms with E-state index in [2.05, 4.69) is 21.3 Å². The minimum atomic E-state index is -0.00714. The molecule has 1 unspecified atom stereocenters. The molecule has 3 rings (SSSR count). The Hall–Kier alpha value is -2.70. The zero-order chi connectivity index (χ0) is 17.6. The van der Waals surface area contributed by atoms with Crippen LogP contribution >= 0.6 is 0 Å². The number of nitrogens with zero attached hydrogens (tertiary/aromatic N) is 4. The van der Waals surface area contributed by atoms with Crippen LogP contribution in [0, 0.1) is 0 Å². The van der Waals surface area contributed by atoms with Crippen LogP contribution in [0.2, 0.25) is 0 Å². The average molecular weight is 343 g/mol. The zero-order valence-corrected chi connectivity index (χ0v) is 14.8. The largest absolute Gasteiger partial charge is 0.495 e. The fourth-order valence-electron chi connectivity index (χ4n) is 3.10. The summed E-state index contributed by atoms with van der Waals surface area (Å²) in [6.07, 6.45) is 5.40. The average Bonchev–Trinajstić information content (AvgIpc) is 3.14. The second-order valence-electron chi connectivity index (χ2n) is 6.26. The van der Waals surface area contributed by atoms with Crippen LogP contribution in [-0.4, -0.2) is 59.8 Å². The summed E-state index contributed by atoms with van der Waals surface area (Å²) in [6, 6.07) is 8.04. The molecule has 0 spiro atoms. The van der Waals surface area contributed by atoms with Gasteiger partial charge in [-0.15, -0.1) is 0 Å². The van der Waals surface area contributed by atoms with Gasteiger partial charge in [-0.2, -0.15) is 0 Å². The molecule has 134 valence electrons. The number of carbonyl (C=O) groups excluding carboxylic acids is 1. The van der Waals surface area contributed by atoms with Gasteiger partial charge in [0, 0.05) is 51.2 Å². The number of para-hydroxylation sites is 2. The molecule has 25 heavy (non-hydrogen) atoms. The molecule has 0 radical (unpaired) electrons. The highest BCUT2D eigenvalue weighted by atomic mass is 16.5. The van der Waals surface area contributed by atoms with Crippen molar-refractivity contribution in [3.05, 3.63) is 43.0 Å². The van der Waals surface area contributed by atoms with Crippen LogP contribution in [0.3, 0.4) is 0 Å². The first kappa shape index (κ1) is 17.1. The summed E-state index contributed by atoms with van der Waals surface area (Å²) in [5, 5.41) is 3.06. The molecule has 1 aliphatic heterocycles. The van der Waals surface area contributed by atoms with Crippen LogP contribution in [0.4, 0.5) is 10.5 Å². The number of methoxy groups -OCH3 is 1. The quantitative estimate of drug-likeness (QED) is 0.899. The third kappa shape index (κ3) is 4.23. The summed E-state index contributed by atoms with van der Waals surface area (Å²) in [5.41, 5.74) is 1.08. The Bertz CT molecular complexity index is 681. The molecule has 0 bridgehead atoms. The summed E-state index contributed by atoms with van der Waals surface area (Å²) in [5.74, 6) is 0.870. The van der Waals surface area contributed by atoms with E-state index in [0.717, 1.165) is 24.5 Å². The minimum Gasteiger partial charge on any atom is -0.495 e. The van der Waals surface area contributed by atoms with Crippen LogP contribution in [0.25, 0.3) is 0 Å². The third-order valence-corrected chi connectivity index (χ3v) is 4.41. The number of aromatic nitrogens is 2. The number of rotatable bonds is 5. The van der Waals surface area contributed by atoms with Crippen molar-refractivity contribution in [3.8, 4) is 5.75 Å². The molecule has 1 aromatic heterocycles. The third-order valence-electron chi connectivity index (χ3n) is 4.41. The summed E-state index contributed by atoms with van der Waals surface area (Å²) >= 11 is 0. The zero-order valence-electron chi connectivity index (χ0n) is 14.8. The van der Waals surface area contributed by atoms with Crippen molar-refractivity contribution in [2.45, 2.75) is 19.5 Å². The lowest BCUT2D eigenvalue weighted by Gasteiger charge is -2.37. The first-order chi connectivity index (χ1) is 12.2. The Morgan fingerprint density at radius 3 is 2.72 bits per heavy atom. The van der Waals surface area contributed by atoms with Crippen molar-refractivity contribution in [3.63, 3.8) is 0 Å². The number of benzene rings is 1. The highest BCUT2D eigenvalue weighted by Crippen LogP contribution is 2.28. The lowest BCUT2D eigenvalue weighted by atomic mass is 10.2. The molecule has 1 aromatic carbocycles. The van der Waals surface area contributed by atoms with Crippen molar-refractivity contribution >= 4 is 11.7 Å². The first-order valence-electron chi connectivity index (χ1n) is 8.56. The number of nitrogens with one attached hydrogen (secondary N) is 1. The van der Waals surface area contributed by atoms with Crippen molar-refractivity contribution in [2.75, 3.05) is 38.2 Å². The molecule has 1 atom stereocenters. The summed E-state index contributed by atoms with van der Waals surface area (Å²) in [4.78, 5) is 20.6. The number of hydrogen-bond donors (Lipinski definition) is 1. The Morgan fingerprint density at radius 1 is 1.28 bits per heavy atom. The van der Waals surface area contributed by atoms with Crippen molar-refractivity contribution in [1.82, 2.24) is 19.8 Å². The van der Waals surface area contributed by atoms with E-state index in [1.807, 2.05) is 40.8 Å². The van der Waals surface area contributed by atoms with Crippen LogP contribution in [-0.2, 0) is 6.54 Å². The molecule has 7 heteroatoms. The maximum absolute atomic E-state index is 12.5. The molecule has 1 saturated heterocycles. The van der Waals surface area contributed by atoms with Crippen molar-refractivity contribution in [1.29, 1.82) is 0 Å². The maximum Gasteiger partial charge on any atom is 0.317 e. The number of urea groups is 1. The number of ether oxygens (including phenoxy) is 1. The SMILES string of the molecule is COc1ccccc1N1CCN(C(=O)NC(C)Cn2ccnc2)CC1. The molecule has 1 aliphatic rings. The summed E-state index contributed by atoms with van der Waals surface area (Å²) < 4.78 is 7.40. The fourth-order valence-corrected chi connectivity index (χ4v) is 3.10. The Morgan fingerprint density at radius 2 is 2.04 bits per heavy atom. The van der Waals surface area contributed by atoms with Crippen LogP contribution in [0.5, 0.6) is 5.75 Å². The van der Waals surface area contributed by atoms with Gasteiger partial charge in [-0.05, 0) is 19.1 Å². The summed E-state index contributed by atoms with van der Waals surface area (Å²) in [7, 11) is 1.68. The second-order valence-corrected chi connectivity index (χ2v) is 6.26. The molecule has 2 heterocycles. The first-order valence-corrected chi connectivity index (χ1v) is 8.56. The molecular formula is C18H25N5O2. The van der Waals surface area contributed by atoms with E-state index in [4.69, 9.17) is 4.74 Å². The molecular weight excluding hydrogens is 318 g/mol. The normalized spacial score (nSPS) is 15.8. The van der Waals surface area contributed by atoms with Gasteiger partial charge in [-0.25, -0.2) is 9.78 Å². The Labute approximate surface area is 148 Å². The van der Waals surface area contributed by atoms with Gasteiger partial charge in [-0.1, -0.05) is 12.1 Å².